The Hall–Kier alpha value is -0.590. The molecule has 0 aliphatic carbocycles. The summed E-state index contributed by atoms with van der Waals surface area (Å²) in [6.07, 6.45) is 1.56. The lowest BCUT2D eigenvalue weighted by atomic mass is 10.1. The molecule has 1 heterocycles. The van der Waals surface area contributed by atoms with Gasteiger partial charge in [-0.05, 0) is 53.4 Å². The summed E-state index contributed by atoms with van der Waals surface area (Å²) in [5.74, 6) is 1.13. The first-order valence-electron chi connectivity index (χ1n) is 6.72. The van der Waals surface area contributed by atoms with Gasteiger partial charge in [0.15, 0.2) is 9.84 Å². The predicted molar refractivity (Wildman–Crippen MR) is 83.9 cm³/mol. The highest BCUT2D eigenvalue weighted by molar-refractivity contribution is 9.10. The highest BCUT2D eigenvalue weighted by atomic mass is 79.9. The molecule has 1 aromatic carbocycles. The van der Waals surface area contributed by atoms with E-state index in [1.54, 1.807) is 7.11 Å². The number of hydrogen-bond acceptors (Lipinski definition) is 4. The van der Waals surface area contributed by atoms with Crippen LogP contribution in [-0.2, 0) is 9.84 Å². The van der Waals surface area contributed by atoms with Crippen LogP contribution in [0.2, 0.25) is 0 Å². The summed E-state index contributed by atoms with van der Waals surface area (Å²) in [4.78, 5) is 0. The summed E-state index contributed by atoms with van der Waals surface area (Å²) in [5.41, 5.74) is 1.10. The van der Waals surface area contributed by atoms with E-state index in [2.05, 4.69) is 21.2 Å². The molecular formula is C14H20BrNO3S. The smallest absolute Gasteiger partial charge is 0.154 e. The van der Waals surface area contributed by atoms with E-state index in [4.69, 9.17) is 4.74 Å². The largest absolute Gasteiger partial charge is 0.496 e. The third-order valence-electron chi connectivity index (χ3n) is 3.79. The molecule has 1 saturated heterocycles. The van der Waals surface area contributed by atoms with Crippen molar-refractivity contribution in [1.82, 2.24) is 5.32 Å². The molecule has 6 heteroatoms. The fourth-order valence-electron chi connectivity index (χ4n) is 2.47. The minimum atomic E-state index is -2.88. The quantitative estimate of drug-likeness (QED) is 0.875. The maximum absolute atomic E-state index is 11.8. The van der Waals surface area contributed by atoms with Crippen molar-refractivity contribution in [2.75, 3.05) is 19.4 Å². The molecule has 20 heavy (non-hydrogen) atoms. The first kappa shape index (κ1) is 15.8. The minimum Gasteiger partial charge on any atom is -0.496 e. The molecule has 2 unspecified atom stereocenters. The summed E-state index contributed by atoms with van der Waals surface area (Å²) in [7, 11) is -1.24. The summed E-state index contributed by atoms with van der Waals surface area (Å²) < 4.78 is 29.7. The molecule has 0 saturated carbocycles. The number of rotatable bonds is 5. The van der Waals surface area contributed by atoms with Crippen molar-refractivity contribution in [2.45, 2.75) is 31.1 Å². The van der Waals surface area contributed by atoms with Crippen molar-refractivity contribution in [1.29, 1.82) is 0 Å². The number of ether oxygens (including phenoxy) is 1. The zero-order valence-corrected chi connectivity index (χ0v) is 14.1. The number of sulfone groups is 1. The Kier molecular flexibility index (Phi) is 5.09. The van der Waals surface area contributed by atoms with E-state index in [-0.39, 0.29) is 11.3 Å². The topological polar surface area (TPSA) is 55.4 Å². The average Bonchev–Trinajstić information content (AvgIpc) is 2.74. The first-order chi connectivity index (χ1) is 9.44. The van der Waals surface area contributed by atoms with E-state index in [9.17, 15) is 8.42 Å². The van der Waals surface area contributed by atoms with Crippen LogP contribution in [0.3, 0.4) is 0 Å². The second-order valence-corrected chi connectivity index (χ2v) is 8.41. The van der Waals surface area contributed by atoms with Gasteiger partial charge < -0.3 is 10.1 Å². The molecule has 0 aromatic heterocycles. The molecule has 1 N–H and O–H groups in total. The van der Waals surface area contributed by atoms with E-state index < -0.39 is 9.84 Å². The van der Waals surface area contributed by atoms with Crippen molar-refractivity contribution < 1.29 is 13.2 Å². The van der Waals surface area contributed by atoms with Crippen LogP contribution in [0.5, 0.6) is 5.75 Å². The Labute approximate surface area is 129 Å². The van der Waals surface area contributed by atoms with Crippen LogP contribution in [0.25, 0.3) is 0 Å². The Morgan fingerprint density at radius 3 is 2.80 bits per heavy atom. The van der Waals surface area contributed by atoms with Crippen molar-refractivity contribution in [2.24, 2.45) is 0 Å². The van der Waals surface area contributed by atoms with Gasteiger partial charge in [0.1, 0.15) is 5.75 Å². The molecule has 0 bridgehead atoms. The van der Waals surface area contributed by atoms with Crippen molar-refractivity contribution in [3.05, 3.63) is 28.2 Å². The summed E-state index contributed by atoms with van der Waals surface area (Å²) in [6, 6.07) is 6.00. The number of halogens is 1. The summed E-state index contributed by atoms with van der Waals surface area (Å²) in [6.45, 7) is 2.56. The van der Waals surface area contributed by atoms with E-state index in [1.807, 2.05) is 25.1 Å². The van der Waals surface area contributed by atoms with Gasteiger partial charge in [0.05, 0.1) is 22.6 Å². The lowest BCUT2D eigenvalue weighted by molar-refractivity contribution is 0.411. The average molecular weight is 362 g/mol. The second-order valence-electron chi connectivity index (χ2n) is 5.16. The highest BCUT2D eigenvalue weighted by Gasteiger charge is 2.31. The van der Waals surface area contributed by atoms with E-state index in [0.29, 0.717) is 12.3 Å². The van der Waals surface area contributed by atoms with Crippen LogP contribution < -0.4 is 10.1 Å². The number of methoxy groups -OCH3 is 1. The van der Waals surface area contributed by atoms with Gasteiger partial charge in [-0.1, -0.05) is 6.07 Å². The van der Waals surface area contributed by atoms with Gasteiger partial charge in [0, 0.05) is 12.6 Å². The Bertz CT molecular complexity index is 574. The normalized spacial score (nSPS) is 22.6. The fourth-order valence-corrected chi connectivity index (χ4v) is 4.80. The fraction of sp³-hybridized carbons (Fsp3) is 0.571. The highest BCUT2D eigenvalue weighted by Crippen LogP contribution is 2.28. The molecule has 1 aliphatic heterocycles. The SMILES string of the molecule is COc1ccc(C(C)NCC2CCCS2(=O)=O)cc1Br. The Morgan fingerprint density at radius 2 is 2.25 bits per heavy atom. The molecule has 112 valence electrons. The van der Waals surface area contributed by atoms with E-state index in [0.717, 1.165) is 28.6 Å². The molecule has 4 nitrogen and oxygen atoms in total. The molecule has 0 spiro atoms. The van der Waals surface area contributed by atoms with Gasteiger partial charge in [-0.15, -0.1) is 0 Å². The molecule has 1 aromatic rings. The van der Waals surface area contributed by atoms with Crippen LogP contribution in [-0.4, -0.2) is 33.1 Å². The van der Waals surface area contributed by atoms with Gasteiger partial charge in [0.2, 0.25) is 0 Å². The maximum Gasteiger partial charge on any atom is 0.154 e. The van der Waals surface area contributed by atoms with Crippen LogP contribution in [0.4, 0.5) is 0 Å². The van der Waals surface area contributed by atoms with Crippen LogP contribution >= 0.6 is 15.9 Å². The van der Waals surface area contributed by atoms with Crippen molar-refractivity contribution >= 4 is 25.8 Å². The minimum absolute atomic E-state index is 0.105. The van der Waals surface area contributed by atoms with E-state index >= 15 is 0 Å². The van der Waals surface area contributed by atoms with Crippen LogP contribution in [0, 0.1) is 0 Å². The third kappa shape index (κ3) is 3.54. The lowest BCUT2D eigenvalue weighted by Gasteiger charge is -2.18. The molecule has 2 atom stereocenters. The number of nitrogens with one attached hydrogen (secondary N) is 1. The third-order valence-corrected chi connectivity index (χ3v) is 6.69. The zero-order chi connectivity index (χ0) is 14.8. The molecule has 1 aliphatic rings. The van der Waals surface area contributed by atoms with Gasteiger partial charge in [-0.3, -0.25) is 0 Å². The van der Waals surface area contributed by atoms with Gasteiger partial charge >= 0.3 is 0 Å². The van der Waals surface area contributed by atoms with Crippen molar-refractivity contribution in [3.8, 4) is 5.75 Å². The number of benzene rings is 1. The molecule has 2 rings (SSSR count). The molecular weight excluding hydrogens is 342 g/mol. The maximum atomic E-state index is 11.8. The predicted octanol–water partition coefficient (Wildman–Crippen LogP) is 2.69. The van der Waals surface area contributed by atoms with Crippen LogP contribution in [0.15, 0.2) is 22.7 Å². The van der Waals surface area contributed by atoms with Crippen LogP contribution in [0.1, 0.15) is 31.4 Å². The molecule has 1 fully saturated rings. The van der Waals surface area contributed by atoms with Gasteiger partial charge in [0.25, 0.3) is 0 Å². The lowest BCUT2D eigenvalue weighted by Crippen LogP contribution is -2.32. The Morgan fingerprint density at radius 1 is 1.50 bits per heavy atom. The standard InChI is InChI=1S/C14H20BrNO3S/c1-10(11-5-6-14(19-2)13(15)8-11)16-9-12-4-3-7-20(12,17)18/h5-6,8,10,12,16H,3-4,7,9H2,1-2H3. The van der Waals surface area contributed by atoms with Crippen molar-refractivity contribution in [3.63, 3.8) is 0 Å². The van der Waals surface area contributed by atoms with E-state index in [1.165, 1.54) is 0 Å². The zero-order valence-electron chi connectivity index (χ0n) is 11.7. The number of hydrogen-bond donors (Lipinski definition) is 1. The van der Waals surface area contributed by atoms with Gasteiger partial charge in [-0.25, -0.2) is 8.42 Å². The Balaban J connectivity index is 1.98. The second kappa shape index (κ2) is 6.45. The summed E-state index contributed by atoms with van der Waals surface area (Å²) >= 11 is 3.46. The summed E-state index contributed by atoms with van der Waals surface area (Å²) in [5, 5.41) is 3.09. The first-order valence-corrected chi connectivity index (χ1v) is 9.23. The monoisotopic (exact) mass is 361 g/mol. The van der Waals surface area contributed by atoms with Gasteiger partial charge in [-0.2, -0.15) is 0 Å². The molecule has 0 amide bonds. The molecule has 0 radical (unpaired) electrons.